The van der Waals surface area contributed by atoms with Crippen molar-refractivity contribution in [2.24, 2.45) is 5.41 Å². The van der Waals surface area contributed by atoms with Gasteiger partial charge in [-0.25, -0.2) is 9.78 Å². The Kier molecular flexibility index (Phi) is 7.15. The number of hydrogen-bond donors (Lipinski definition) is 1. The smallest absolute Gasteiger partial charge is 0.358 e. The molecule has 5 heteroatoms. The van der Waals surface area contributed by atoms with Crippen molar-refractivity contribution in [1.82, 2.24) is 4.98 Å². The number of carbonyl (C=O) groups is 1. The molecule has 0 aliphatic heterocycles. The number of hydrogen-bond acceptors (Lipinski definition) is 5. The summed E-state index contributed by atoms with van der Waals surface area (Å²) in [6, 6.07) is 0. The van der Waals surface area contributed by atoms with Gasteiger partial charge in [-0.15, -0.1) is 11.3 Å². The lowest BCUT2D eigenvalue weighted by Crippen LogP contribution is -2.23. The van der Waals surface area contributed by atoms with Crippen LogP contribution in [0.15, 0.2) is 0 Å². The van der Waals surface area contributed by atoms with Crippen LogP contribution in [-0.2, 0) is 4.74 Å². The van der Waals surface area contributed by atoms with E-state index in [4.69, 9.17) is 4.74 Å². The molecule has 0 fully saturated rings. The summed E-state index contributed by atoms with van der Waals surface area (Å²) in [4.78, 5) is 17.0. The fourth-order valence-electron chi connectivity index (χ4n) is 2.12. The van der Waals surface area contributed by atoms with E-state index in [1.54, 1.807) is 6.92 Å². The highest BCUT2D eigenvalue weighted by Gasteiger charge is 2.20. The highest BCUT2D eigenvalue weighted by molar-refractivity contribution is 7.15. The lowest BCUT2D eigenvalue weighted by molar-refractivity contribution is 0.0519. The van der Waals surface area contributed by atoms with Gasteiger partial charge in [-0.3, -0.25) is 0 Å². The van der Waals surface area contributed by atoms with Crippen molar-refractivity contribution in [1.29, 1.82) is 0 Å². The number of ether oxygens (including phenoxy) is 1. The molecule has 4 nitrogen and oxygen atoms in total. The van der Waals surface area contributed by atoms with E-state index in [1.807, 2.05) is 6.92 Å². The Labute approximate surface area is 132 Å². The molecule has 0 unspecified atom stereocenters. The van der Waals surface area contributed by atoms with Gasteiger partial charge in [-0.2, -0.15) is 0 Å². The summed E-state index contributed by atoms with van der Waals surface area (Å²) in [7, 11) is 0. The zero-order valence-electron chi connectivity index (χ0n) is 13.9. The third kappa shape index (κ3) is 6.04. The van der Waals surface area contributed by atoms with E-state index < -0.39 is 0 Å². The Bertz CT molecular complexity index is 455. The molecule has 0 spiro atoms. The Balaban J connectivity index is 2.55. The van der Waals surface area contributed by atoms with Crippen LogP contribution >= 0.6 is 11.3 Å². The molecule has 1 aromatic heterocycles. The zero-order chi connectivity index (χ0) is 15.9. The Hall–Kier alpha value is -1.10. The van der Waals surface area contributed by atoms with Crippen molar-refractivity contribution in [2.45, 2.75) is 60.3 Å². The Morgan fingerprint density at radius 3 is 2.67 bits per heavy atom. The van der Waals surface area contributed by atoms with Crippen LogP contribution in [0.2, 0.25) is 0 Å². The number of esters is 1. The molecule has 0 radical (unpaired) electrons. The molecule has 0 amide bonds. The lowest BCUT2D eigenvalue weighted by Gasteiger charge is -2.24. The average Bonchev–Trinajstić information content (AvgIpc) is 2.78. The number of anilines is 1. The fourth-order valence-corrected chi connectivity index (χ4v) is 2.91. The molecule has 0 saturated heterocycles. The molecule has 0 aliphatic carbocycles. The van der Waals surface area contributed by atoms with Crippen LogP contribution in [0.5, 0.6) is 0 Å². The number of aryl methyl sites for hydroxylation is 1. The van der Waals surface area contributed by atoms with E-state index in [1.165, 1.54) is 37.0 Å². The zero-order valence-corrected chi connectivity index (χ0v) is 14.7. The molecule has 1 heterocycles. The highest BCUT2D eigenvalue weighted by atomic mass is 32.1. The molecule has 21 heavy (non-hydrogen) atoms. The van der Waals surface area contributed by atoms with E-state index >= 15 is 0 Å². The molecule has 0 saturated carbocycles. The first-order chi connectivity index (χ1) is 9.89. The van der Waals surface area contributed by atoms with Crippen molar-refractivity contribution in [2.75, 3.05) is 18.5 Å². The summed E-state index contributed by atoms with van der Waals surface area (Å²) in [5.74, 6) is -0.332. The van der Waals surface area contributed by atoms with Gasteiger partial charge in [-0.05, 0) is 25.7 Å². The van der Waals surface area contributed by atoms with Crippen molar-refractivity contribution < 1.29 is 9.53 Å². The van der Waals surface area contributed by atoms with E-state index in [0.717, 1.165) is 16.6 Å². The molecule has 120 valence electrons. The predicted molar refractivity (Wildman–Crippen MR) is 89.2 cm³/mol. The topological polar surface area (TPSA) is 51.2 Å². The summed E-state index contributed by atoms with van der Waals surface area (Å²) in [5.41, 5.74) is 0.673. The molecule has 0 aromatic carbocycles. The molecule has 1 N–H and O–H groups in total. The second-order valence-corrected chi connectivity index (χ2v) is 7.32. The van der Waals surface area contributed by atoms with Crippen LogP contribution in [0.25, 0.3) is 0 Å². The Morgan fingerprint density at radius 1 is 1.33 bits per heavy atom. The minimum atomic E-state index is -0.332. The second-order valence-electron chi connectivity index (χ2n) is 6.12. The SMILES string of the molecule is CCCCCC(C)(C)CNc1nc(C(=O)OCC)c(C)s1. The highest BCUT2D eigenvalue weighted by Crippen LogP contribution is 2.27. The summed E-state index contributed by atoms with van der Waals surface area (Å²) in [6.07, 6.45) is 4.99. The van der Waals surface area contributed by atoms with Crippen LogP contribution in [0.1, 0.15) is 68.7 Å². The molecular formula is C16H28N2O2S. The summed E-state index contributed by atoms with van der Waals surface area (Å²) in [5, 5.41) is 4.17. The summed E-state index contributed by atoms with van der Waals surface area (Å²) < 4.78 is 5.01. The molecular weight excluding hydrogens is 284 g/mol. The molecule has 1 rings (SSSR count). The number of carbonyl (C=O) groups excluding carboxylic acids is 1. The van der Waals surface area contributed by atoms with Gasteiger partial charge in [0.2, 0.25) is 0 Å². The van der Waals surface area contributed by atoms with Gasteiger partial charge in [0.1, 0.15) is 0 Å². The fraction of sp³-hybridized carbons (Fsp3) is 0.750. The first kappa shape index (κ1) is 18.0. The molecule has 1 aromatic rings. The van der Waals surface area contributed by atoms with Gasteiger partial charge < -0.3 is 10.1 Å². The molecule has 0 aliphatic rings. The number of rotatable bonds is 9. The third-order valence-corrected chi connectivity index (χ3v) is 4.37. The quantitative estimate of drug-likeness (QED) is 0.533. The maximum Gasteiger partial charge on any atom is 0.358 e. The number of aromatic nitrogens is 1. The van der Waals surface area contributed by atoms with Crippen molar-refractivity contribution in [3.05, 3.63) is 10.6 Å². The van der Waals surface area contributed by atoms with Gasteiger partial charge in [0.05, 0.1) is 6.61 Å². The number of unbranched alkanes of at least 4 members (excludes halogenated alkanes) is 2. The van der Waals surface area contributed by atoms with Crippen LogP contribution in [0.4, 0.5) is 5.13 Å². The Morgan fingerprint density at radius 2 is 2.05 bits per heavy atom. The van der Waals surface area contributed by atoms with E-state index in [-0.39, 0.29) is 11.4 Å². The van der Waals surface area contributed by atoms with Crippen LogP contribution in [0, 0.1) is 12.3 Å². The summed E-state index contributed by atoms with van der Waals surface area (Å²) in [6.45, 7) is 11.7. The van der Waals surface area contributed by atoms with Gasteiger partial charge in [0, 0.05) is 11.4 Å². The van der Waals surface area contributed by atoms with Crippen molar-refractivity contribution in [3.63, 3.8) is 0 Å². The largest absolute Gasteiger partial charge is 0.461 e. The average molecular weight is 312 g/mol. The van der Waals surface area contributed by atoms with Gasteiger partial charge in [-0.1, -0.05) is 40.0 Å². The van der Waals surface area contributed by atoms with E-state index in [9.17, 15) is 4.79 Å². The first-order valence-electron chi connectivity index (χ1n) is 7.78. The van der Waals surface area contributed by atoms with Gasteiger partial charge >= 0.3 is 5.97 Å². The van der Waals surface area contributed by atoms with Crippen LogP contribution in [-0.4, -0.2) is 24.1 Å². The van der Waals surface area contributed by atoms with Gasteiger partial charge in [0.15, 0.2) is 10.8 Å². The van der Waals surface area contributed by atoms with E-state index in [2.05, 4.69) is 31.1 Å². The third-order valence-electron chi connectivity index (χ3n) is 3.44. The minimum Gasteiger partial charge on any atom is -0.461 e. The lowest BCUT2D eigenvalue weighted by atomic mass is 9.87. The maximum atomic E-state index is 11.7. The summed E-state index contributed by atoms with van der Waals surface area (Å²) >= 11 is 1.51. The molecule has 0 atom stereocenters. The van der Waals surface area contributed by atoms with Crippen LogP contribution in [0.3, 0.4) is 0 Å². The van der Waals surface area contributed by atoms with Gasteiger partial charge in [0.25, 0.3) is 0 Å². The second kappa shape index (κ2) is 8.37. The standard InChI is InChI=1S/C16H28N2O2S/c1-6-8-9-10-16(4,5)11-17-15-18-13(12(3)21-15)14(19)20-7-2/h6-11H2,1-5H3,(H,17,18). The normalized spacial score (nSPS) is 11.5. The number of nitrogens with zero attached hydrogens (tertiary/aromatic N) is 1. The number of thiazole rings is 1. The van der Waals surface area contributed by atoms with Crippen LogP contribution < -0.4 is 5.32 Å². The molecule has 0 bridgehead atoms. The number of nitrogens with one attached hydrogen (secondary N) is 1. The predicted octanol–water partition coefficient (Wildman–Crippen LogP) is 4.65. The monoisotopic (exact) mass is 312 g/mol. The first-order valence-corrected chi connectivity index (χ1v) is 8.59. The van der Waals surface area contributed by atoms with Crippen molar-refractivity contribution in [3.8, 4) is 0 Å². The minimum absolute atomic E-state index is 0.235. The maximum absolute atomic E-state index is 11.7. The van der Waals surface area contributed by atoms with Crippen molar-refractivity contribution >= 4 is 22.4 Å². The van der Waals surface area contributed by atoms with E-state index in [0.29, 0.717) is 12.3 Å².